The van der Waals surface area contributed by atoms with Crippen LogP contribution in [0.4, 0.5) is 0 Å². The Morgan fingerprint density at radius 3 is 3.05 bits per heavy atom. The lowest BCUT2D eigenvalue weighted by molar-refractivity contribution is 0.0951. The van der Waals surface area contributed by atoms with Crippen molar-refractivity contribution in [2.24, 2.45) is 0 Å². The number of imidazole rings is 1. The zero-order chi connectivity index (χ0) is 14.1. The van der Waals surface area contributed by atoms with E-state index in [0.717, 1.165) is 22.5 Å². The summed E-state index contributed by atoms with van der Waals surface area (Å²) in [6.07, 6.45) is 5.22. The maximum atomic E-state index is 12.1. The monoisotopic (exact) mass is 270 g/mol. The zero-order valence-electron chi connectivity index (χ0n) is 11.3. The van der Waals surface area contributed by atoms with Gasteiger partial charge in [0, 0.05) is 23.9 Å². The highest BCUT2D eigenvalue weighted by atomic mass is 16.5. The molecule has 6 heteroatoms. The molecule has 3 aromatic rings. The summed E-state index contributed by atoms with van der Waals surface area (Å²) in [6, 6.07) is 3.56. The molecule has 6 nitrogen and oxygen atoms in total. The molecule has 3 aromatic heterocycles. The molecule has 0 aliphatic rings. The van der Waals surface area contributed by atoms with Gasteiger partial charge in [0.05, 0.1) is 23.7 Å². The fraction of sp³-hybridized carbons (Fsp3) is 0.214. The minimum atomic E-state index is -0.131. The minimum Gasteiger partial charge on any atom is -0.361 e. The number of hydrogen-bond acceptors (Lipinski definition) is 4. The Morgan fingerprint density at radius 2 is 2.30 bits per heavy atom. The standard InChI is InChI=1S/C14H14N4O2/c1-9-13(10(2)20-17-9)7-16-14(19)11-3-4-18-8-15-6-12(18)5-11/h3-6,8H,7H2,1-2H3,(H,16,19). The van der Waals surface area contributed by atoms with E-state index >= 15 is 0 Å². The zero-order valence-corrected chi connectivity index (χ0v) is 11.3. The van der Waals surface area contributed by atoms with Gasteiger partial charge in [0.15, 0.2) is 0 Å². The lowest BCUT2D eigenvalue weighted by Gasteiger charge is -2.05. The van der Waals surface area contributed by atoms with Crippen LogP contribution in [0.5, 0.6) is 0 Å². The number of nitrogens with one attached hydrogen (secondary N) is 1. The van der Waals surface area contributed by atoms with Gasteiger partial charge in [-0.2, -0.15) is 0 Å². The molecular weight excluding hydrogens is 256 g/mol. The summed E-state index contributed by atoms with van der Waals surface area (Å²) in [5, 5.41) is 6.73. The summed E-state index contributed by atoms with van der Waals surface area (Å²) in [4.78, 5) is 16.2. The highest BCUT2D eigenvalue weighted by Crippen LogP contribution is 2.12. The Balaban J connectivity index is 1.76. The number of carbonyl (C=O) groups is 1. The quantitative estimate of drug-likeness (QED) is 0.788. The Kier molecular flexibility index (Phi) is 2.98. The molecule has 0 radical (unpaired) electrons. The van der Waals surface area contributed by atoms with Crippen molar-refractivity contribution < 1.29 is 9.32 Å². The van der Waals surface area contributed by atoms with Gasteiger partial charge in [0.1, 0.15) is 5.76 Å². The van der Waals surface area contributed by atoms with Gasteiger partial charge in [0.25, 0.3) is 5.91 Å². The third-order valence-corrected chi connectivity index (χ3v) is 3.28. The van der Waals surface area contributed by atoms with E-state index in [1.165, 1.54) is 0 Å². The topological polar surface area (TPSA) is 72.4 Å². The Bertz CT molecular complexity index is 753. The smallest absolute Gasteiger partial charge is 0.251 e. The largest absolute Gasteiger partial charge is 0.361 e. The minimum absolute atomic E-state index is 0.131. The van der Waals surface area contributed by atoms with Crippen LogP contribution in [0.3, 0.4) is 0 Å². The number of fused-ring (bicyclic) bond motifs is 1. The predicted octanol–water partition coefficient (Wildman–Crippen LogP) is 1.87. The number of amides is 1. The molecule has 0 atom stereocenters. The Labute approximate surface area is 115 Å². The maximum absolute atomic E-state index is 12.1. The third kappa shape index (κ3) is 2.16. The summed E-state index contributed by atoms with van der Waals surface area (Å²) in [6.45, 7) is 4.10. The van der Waals surface area contributed by atoms with Crippen LogP contribution in [0.25, 0.3) is 5.52 Å². The van der Waals surface area contributed by atoms with E-state index in [1.807, 2.05) is 24.4 Å². The second kappa shape index (κ2) is 4.80. The number of hydrogen-bond donors (Lipinski definition) is 1. The number of carbonyl (C=O) groups excluding carboxylic acids is 1. The Hall–Kier alpha value is -2.63. The van der Waals surface area contributed by atoms with Crippen LogP contribution in [0.2, 0.25) is 0 Å². The first-order valence-electron chi connectivity index (χ1n) is 6.27. The van der Waals surface area contributed by atoms with Crippen molar-refractivity contribution in [3.8, 4) is 0 Å². The summed E-state index contributed by atoms with van der Waals surface area (Å²) in [5.74, 6) is 0.600. The molecule has 0 aliphatic heterocycles. The van der Waals surface area contributed by atoms with Gasteiger partial charge in [-0.15, -0.1) is 0 Å². The van der Waals surface area contributed by atoms with E-state index in [4.69, 9.17) is 4.52 Å². The highest BCUT2D eigenvalue weighted by molar-refractivity contribution is 5.95. The first kappa shape index (κ1) is 12.4. The van der Waals surface area contributed by atoms with E-state index in [2.05, 4.69) is 15.5 Å². The SMILES string of the molecule is Cc1noc(C)c1CNC(=O)c1ccn2cncc2c1. The van der Waals surface area contributed by atoms with Crippen molar-refractivity contribution >= 4 is 11.4 Å². The molecule has 20 heavy (non-hydrogen) atoms. The molecule has 0 spiro atoms. The van der Waals surface area contributed by atoms with Crippen molar-refractivity contribution in [3.63, 3.8) is 0 Å². The second-order valence-corrected chi connectivity index (χ2v) is 4.63. The second-order valence-electron chi connectivity index (χ2n) is 4.63. The van der Waals surface area contributed by atoms with E-state index in [0.29, 0.717) is 12.1 Å². The summed E-state index contributed by atoms with van der Waals surface area (Å²) >= 11 is 0. The van der Waals surface area contributed by atoms with Gasteiger partial charge < -0.3 is 14.2 Å². The summed E-state index contributed by atoms with van der Waals surface area (Å²) < 4.78 is 6.92. The fourth-order valence-corrected chi connectivity index (χ4v) is 2.09. The van der Waals surface area contributed by atoms with Gasteiger partial charge in [-0.1, -0.05) is 5.16 Å². The molecule has 0 bridgehead atoms. The van der Waals surface area contributed by atoms with Crippen molar-refractivity contribution in [3.05, 3.63) is 53.4 Å². The maximum Gasteiger partial charge on any atom is 0.251 e. The fourth-order valence-electron chi connectivity index (χ4n) is 2.09. The van der Waals surface area contributed by atoms with Crippen LogP contribution in [-0.2, 0) is 6.54 Å². The molecule has 0 fully saturated rings. The van der Waals surface area contributed by atoms with E-state index in [9.17, 15) is 4.79 Å². The molecule has 0 saturated carbocycles. The molecule has 3 heterocycles. The predicted molar refractivity (Wildman–Crippen MR) is 72.3 cm³/mol. The molecule has 3 rings (SSSR count). The van der Waals surface area contributed by atoms with E-state index in [-0.39, 0.29) is 5.91 Å². The van der Waals surface area contributed by atoms with E-state index in [1.54, 1.807) is 24.7 Å². The van der Waals surface area contributed by atoms with Crippen LogP contribution in [0.1, 0.15) is 27.4 Å². The normalized spacial score (nSPS) is 10.9. The van der Waals surface area contributed by atoms with Gasteiger partial charge >= 0.3 is 0 Å². The first-order chi connectivity index (χ1) is 9.65. The number of aryl methyl sites for hydroxylation is 2. The molecule has 0 saturated heterocycles. The molecule has 0 unspecified atom stereocenters. The summed E-state index contributed by atoms with van der Waals surface area (Å²) in [5.41, 5.74) is 3.21. The van der Waals surface area contributed by atoms with Gasteiger partial charge in [-0.3, -0.25) is 4.79 Å². The number of nitrogens with zero attached hydrogens (tertiary/aromatic N) is 3. The molecule has 102 valence electrons. The molecular formula is C14H14N4O2. The van der Waals surface area contributed by atoms with Gasteiger partial charge in [-0.25, -0.2) is 4.98 Å². The van der Waals surface area contributed by atoms with Crippen LogP contribution in [-0.4, -0.2) is 20.4 Å². The Morgan fingerprint density at radius 1 is 1.45 bits per heavy atom. The molecule has 1 amide bonds. The lowest BCUT2D eigenvalue weighted by Crippen LogP contribution is -2.23. The lowest BCUT2D eigenvalue weighted by atomic mass is 10.2. The van der Waals surface area contributed by atoms with Crippen LogP contribution < -0.4 is 5.32 Å². The van der Waals surface area contributed by atoms with Gasteiger partial charge in [-0.05, 0) is 26.0 Å². The van der Waals surface area contributed by atoms with Gasteiger partial charge in [0.2, 0.25) is 0 Å². The average molecular weight is 270 g/mol. The average Bonchev–Trinajstić information content (AvgIpc) is 3.03. The van der Waals surface area contributed by atoms with E-state index < -0.39 is 0 Å². The molecule has 0 aliphatic carbocycles. The van der Waals surface area contributed by atoms with Crippen molar-refractivity contribution in [2.75, 3.05) is 0 Å². The van der Waals surface area contributed by atoms with Crippen molar-refractivity contribution in [1.82, 2.24) is 19.9 Å². The third-order valence-electron chi connectivity index (χ3n) is 3.28. The number of aromatic nitrogens is 3. The highest BCUT2D eigenvalue weighted by Gasteiger charge is 2.11. The number of rotatable bonds is 3. The van der Waals surface area contributed by atoms with Crippen LogP contribution in [0.15, 0.2) is 35.4 Å². The van der Waals surface area contributed by atoms with Crippen molar-refractivity contribution in [1.29, 1.82) is 0 Å². The molecule has 0 aromatic carbocycles. The van der Waals surface area contributed by atoms with Crippen LogP contribution >= 0.6 is 0 Å². The van der Waals surface area contributed by atoms with Crippen molar-refractivity contribution in [2.45, 2.75) is 20.4 Å². The van der Waals surface area contributed by atoms with Crippen LogP contribution in [0, 0.1) is 13.8 Å². The summed E-state index contributed by atoms with van der Waals surface area (Å²) in [7, 11) is 0. The molecule has 1 N–H and O–H groups in total. The number of pyridine rings is 1. The first-order valence-corrected chi connectivity index (χ1v) is 6.27.